The Morgan fingerprint density at radius 2 is 1.81 bits per heavy atom. The zero-order chi connectivity index (χ0) is 17.6. The molecule has 1 aromatic heterocycles. The summed E-state index contributed by atoms with van der Waals surface area (Å²) in [6.45, 7) is 2.87. The fourth-order valence-electron chi connectivity index (χ4n) is 3.02. The summed E-state index contributed by atoms with van der Waals surface area (Å²) in [5.41, 5.74) is 7.17. The second-order valence-electron chi connectivity index (χ2n) is 6.14. The van der Waals surface area contributed by atoms with Crippen LogP contribution in [0.2, 0.25) is 0 Å². The molecule has 1 aromatic carbocycles. The van der Waals surface area contributed by atoms with E-state index in [1.54, 1.807) is 13.3 Å². The van der Waals surface area contributed by atoms with Gasteiger partial charge in [0.2, 0.25) is 5.91 Å². The van der Waals surface area contributed by atoms with Gasteiger partial charge in [0.25, 0.3) is 0 Å². The Morgan fingerprint density at radius 1 is 1.15 bits per heavy atom. The molecule has 2 heterocycles. The molecule has 1 atom stereocenters. The van der Waals surface area contributed by atoms with Gasteiger partial charge < -0.3 is 20.3 Å². The first-order valence-corrected chi connectivity index (χ1v) is 8.50. The van der Waals surface area contributed by atoms with Crippen molar-refractivity contribution in [2.24, 2.45) is 5.73 Å². The van der Waals surface area contributed by atoms with Crippen LogP contribution >= 0.6 is 24.8 Å². The Hall–Kier alpha value is -2.02. The number of nitrogens with zero attached hydrogens (tertiary/aromatic N) is 3. The van der Waals surface area contributed by atoms with Crippen LogP contribution in [-0.4, -0.2) is 49.1 Å². The number of pyridine rings is 1. The van der Waals surface area contributed by atoms with Crippen LogP contribution in [0.3, 0.4) is 0 Å². The maximum atomic E-state index is 12.5. The lowest BCUT2D eigenvalue weighted by Crippen LogP contribution is -2.49. The molecule has 0 aliphatic carbocycles. The Morgan fingerprint density at radius 3 is 2.44 bits per heavy atom. The predicted octanol–water partition coefficient (Wildman–Crippen LogP) is 2.67. The topological polar surface area (TPSA) is 71.7 Å². The van der Waals surface area contributed by atoms with Crippen LogP contribution in [-0.2, 0) is 4.79 Å². The second-order valence-corrected chi connectivity index (χ2v) is 6.14. The van der Waals surface area contributed by atoms with E-state index in [2.05, 4.69) is 9.88 Å². The van der Waals surface area contributed by atoms with Crippen LogP contribution in [0.4, 0.5) is 5.82 Å². The van der Waals surface area contributed by atoms with E-state index in [1.165, 1.54) is 0 Å². The van der Waals surface area contributed by atoms with Gasteiger partial charge in [0.15, 0.2) is 0 Å². The summed E-state index contributed by atoms with van der Waals surface area (Å²) in [4.78, 5) is 21.0. The zero-order valence-electron chi connectivity index (χ0n) is 15.3. The third-order valence-corrected chi connectivity index (χ3v) is 4.53. The molecule has 6 nitrogen and oxygen atoms in total. The number of aromatic nitrogens is 1. The summed E-state index contributed by atoms with van der Waals surface area (Å²) < 4.78 is 5.25. The Kier molecular flexibility index (Phi) is 9.35. The van der Waals surface area contributed by atoms with E-state index >= 15 is 0 Å². The molecule has 1 aliphatic rings. The van der Waals surface area contributed by atoms with Crippen LogP contribution in [0.15, 0.2) is 48.7 Å². The molecule has 1 aliphatic heterocycles. The second kappa shape index (κ2) is 11.0. The van der Waals surface area contributed by atoms with Crippen molar-refractivity contribution in [3.8, 4) is 5.75 Å². The summed E-state index contributed by atoms with van der Waals surface area (Å²) in [6.07, 6.45) is 2.08. The van der Waals surface area contributed by atoms with Crippen LogP contribution in [0, 0.1) is 0 Å². The quantitative estimate of drug-likeness (QED) is 0.816. The Labute approximate surface area is 172 Å². The smallest absolute Gasteiger partial charge is 0.224 e. The minimum absolute atomic E-state index is 0. The van der Waals surface area contributed by atoms with Gasteiger partial charge >= 0.3 is 0 Å². The number of amides is 1. The number of hydrogen-bond donors (Lipinski definition) is 1. The molecule has 1 saturated heterocycles. The van der Waals surface area contributed by atoms with E-state index in [4.69, 9.17) is 10.5 Å². The van der Waals surface area contributed by atoms with E-state index in [9.17, 15) is 4.79 Å². The van der Waals surface area contributed by atoms with Gasteiger partial charge in [0.05, 0.1) is 7.11 Å². The number of methoxy groups -OCH3 is 1. The molecule has 0 bridgehead atoms. The number of carbonyl (C=O) groups excluding carboxylic acids is 1. The zero-order valence-corrected chi connectivity index (χ0v) is 16.9. The molecule has 8 heteroatoms. The average Bonchev–Trinajstić information content (AvgIpc) is 2.68. The van der Waals surface area contributed by atoms with Crippen molar-refractivity contribution in [3.05, 3.63) is 54.2 Å². The molecule has 27 heavy (non-hydrogen) atoms. The molecular weight excluding hydrogens is 387 g/mol. The molecule has 3 rings (SSSR count). The van der Waals surface area contributed by atoms with Gasteiger partial charge in [-0.15, -0.1) is 24.8 Å². The monoisotopic (exact) mass is 412 g/mol. The van der Waals surface area contributed by atoms with Crippen molar-refractivity contribution < 1.29 is 9.53 Å². The van der Waals surface area contributed by atoms with Crippen molar-refractivity contribution in [1.29, 1.82) is 0 Å². The van der Waals surface area contributed by atoms with Crippen molar-refractivity contribution in [1.82, 2.24) is 9.88 Å². The van der Waals surface area contributed by atoms with Crippen molar-refractivity contribution in [3.63, 3.8) is 0 Å². The number of hydrogen-bond acceptors (Lipinski definition) is 5. The van der Waals surface area contributed by atoms with Crippen LogP contribution in [0.1, 0.15) is 18.0 Å². The largest absolute Gasteiger partial charge is 0.497 e. The summed E-state index contributed by atoms with van der Waals surface area (Å²) in [6, 6.07) is 13.3. The normalized spacial score (nSPS) is 14.6. The standard InChI is InChI=1S/C19H24N4O2.2ClH/c1-25-16-7-8-21-18(13-16)22-9-11-23(12-10-22)19(24)14-17(20)15-5-3-2-4-6-15;;/h2-8,13,17H,9-12,14,20H2,1H3;2*1H. The predicted molar refractivity (Wildman–Crippen MR) is 112 cm³/mol. The highest BCUT2D eigenvalue weighted by Gasteiger charge is 2.23. The van der Waals surface area contributed by atoms with Crippen LogP contribution < -0.4 is 15.4 Å². The number of ether oxygens (including phenoxy) is 1. The van der Waals surface area contributed by atoms with Gasteiger partial charge in [-0.2, -0.15) is 0 Å². The summed E-state index contributed by atoms with van der Waals surface area (Å²) in [5.74, 6) is 1.78. The van der Waals surface area contributed by atoms with Crippen LogP contribution in [0.5, 0.6) is 5.75 Å². The summed E-state index contributed by atoms with van der Waals surface area (Å²) in [5, 5.41) is 0. The molecule has 2 aromatic rings. The van der Waals surface area contributed by atoms with E-state index in [0.29, 0.717) is 19.5 Å². The fraction of sp³-hybridized carbons (Fsp3) is 0.368. The molecule has 0 radical (unpaired) electrons. The number of rotatable bonds is 5. The minimum Gasteiger partial charge on any atom is -0.497 e. The van der Waals surface area contributed by atoms with Gasteiger partial charge in [-0.3, -0.25) is 4.79 Å². The van der Waals surface area contributed by atoms with E-state index < -0.39 is 0 Å². The first kappa shape index (κ1) is 23.0. The first-order chi connectivity index (χ1) is 12.2. The SMILES string of the molecule is COc1ccnc(N2CCN(C(=O)CC(N)c3ccccc3)CC2)c1.Cl.Cl. The van der Waals surface area contributed by atoms with Gasteiger partial charge in [-0.05, 0) is 11.6 Å². The Bertz CT molecular complexity index is 710. The molecule has 1 amide bonds. The van der Waals surface area contributed by atoms with Gasteiger partial charge in [-0.25, -0.2) is 4.98 Å². The van der Waals surface area contributed by atoms with Gasteiger partial charge in [0.1, 0.15) is 11.6 Å². The molecule has 2 N–H and O–H groups in total. The van der Waals surface area contributed by atoms with Crippen molar-refractivity contribution in [2.45, 2.75) is 12.5 Å². The number of nitrogens with two attached hydrogens (primary N) is 1. The minimum atomic E-state index is -0.258. The lowest BCUT2D eigenvalue weighted by atomic mass is 10.0. The Balaban J connectivity index is 0.00000182. The number of benzene rings is 1. The molecule has 1 fully saturated rings. The third kappa shape index (κ3) is 5.99. The average molecular weight is 413 g/mol. The lowest BCUT2D eigenvalue weighted by molar-refractivity contribution is -0.131. The van der Waals surface area contributed by atoms with Crippen molar-refractivity contribution in [2.75, 3.05) is 38.2 Å². The molecular formula is C19H26Cl2N4O2. The van der Waals surface area contributed by atoms with Crippen LogP contribution in [0.25, 0.3) is 0 Å². The number of carbonyl (C=O) groups is 1. The molecule has 1 unspecified atom stereocenters. The molecule has 0 spiro atoms. The highest BCUT2D eigenvalue weighted by atomic mass is 35.5. The van der Waals surface area contributed by atoms with Gasteiger partial charge in [-0.1, -0.05) is 30.3 Å². The van der Waals surface area contributed by atoms with Gasteiger partial charge in [0, 0.05) is 50.9 Å². The van der Waals surface area contributed by atoms with Crippen molar-refractivity contribution >= 4 is 36.5 Å². The molecule has 0 saturated carbocycles. The highest BCUT2D eigenvalue weighted by molar-refractivity contribution is 5.85. The summed E-state index contributed by atoms with van der Waals surface area (Å²) >= 11 is 0. The third-order valence-electron chi connectivity index (χ3n) is 4.53. The van der Waals surface area contributed by atoms with E-state index in [0.717, 1.165) is 30.2 Å². The van der Waals surface area contributed by atoms with E-state index in [-0.39, 0.29) is 36.8 Å². The van der Waals surface area contributed by atoms with E-state index in [1.807, 2.05) is 47.4 Å². The lowest BCUT2D eigenvalue weighted by Gasteiger charge is -2.36. The number of piperazine rings is 1. The summed E-state index contributed by atoms with van der Waals surface area (Å²) in [7, 11) is 1.64. The number of anilines is 1. The highest BCUT2D eigenvalue weighted by Crippen LogP contribution is 2.20. The maximum absolute atomic E-state index is 12.5. The fourth-order valence-corrected chi connectivity index (χ4v) is 3.02. The molecule has 148 valence electrons. The first-order valence-electron chi connectivity index (χ1n) is 8.50. The number of halogens is 2. The maximum Gasteiger partial charge on any atom is 0.224 e.